The summed E-state index contributed by atoms with van der Waals surface area (Å²) in [7, 11) is 0. The molecule has 0 aliphatic heterocycles. The van der Waals surface area contributed by atoms with Crippen LogP contribution < -0.4 is 5.32 Å². The highest BCUT2D eigenvalue weighted by Crippen LogP contribution is 2.29. The van der Waals surface area contributed by atoms with Crippen molar-refractivity contribution < 1.29 is 9.72 Å². The van der Waals surface area contributed by atoms with Gasteiger partial charge in [-0.1, -0.05) is 61.3 Å². The number of para-hydroxylation sites is 1. The Kier molecular flexibility index (Phi) is 6.03. The Balaban J connectivity index is 2.04. The lowest BCUT2D eigenvalue weighted by atomic mass is 9.84. The quantitative estimate of drug-likeness (QED) is 0.590. The smallest absolute Gasteiger partial charge is 0.273 e. The Morgan fingerprint density at radius 3 is 2.48 bits per heavy atom. The molecule has 2 aromatic carbocycles. The number of nitro benzene ring substituents is 1. The van der Waals surface area contributed by atoms with E-state index in [1.54, 1.807) is 30.3 Å². The number of carbonyl (C=O) groups excluding carboxylic acids is 1. The molecule has 2 aromatic rings. The number of benzene rings is 2. The van der Waals surface area contributed by atoms with Crippen molar-refractivity contribution in [3.63, 3.8) is 0 Å². The van der Waals surface area contributed by atoms with E-state index in [0.717, 1.165) is 5.56 Å². The molecule has 1 amide bonds. The molecule has 5 nitrogen and oxygen atoms in total. The molecule has 0 bridgehead atoms. The molecule has 0 unspecified atom stereocenters. The summed E-state index contributed by atoms with van der Waals surface area (Å²) in [6.45, 7) is 4.31. The largest absolute Gasteiger partial charge is 0.355 e. The molecule has 0 fully saturated rings. The van der Waals surface area contributed by atoms with E-state index >= 15 is 0 Å². The first kappa shape index (κ1) is 19.2. The van der Waals surface area contributed by atoms with Gasteiger partial charge in [-0.3, -0.25) is 14.9 Å². The predicted octanol–water partition coefficient (Wildman–Crippen LogP) is 4.54. The Bertz CT molecular complexity index is 807. The number of hydrogen-bond donors (Lipinski definition) is 1. The third-order valence-corrected chi connectivity index (χ3v) is 4.71. The average molecular weight is 381 g/mol. The average Bonchev–Trinajstić information content (AvgIpc) is 2.56. The van der Waals surface area contributed by atoms with Crippen molar-refractivity contribution in [2.75, 3.05) is 6.54 Å². The molecule has 25 heavy (non-hydrogen) atoms. The van der Waals surface area contributed by atoms with Gasteiger partial charge in [0.2, 0.25) is 5.91 Å². The zero-order valence-electron chi connectivity index (χ0n) is 13.9. The molecule has 0 spiro atoms. The minimum absolute atomic E-state index is 0.0470. The van der Waals surface area contributed by atoms with Crippen LogP contribution in [0.4, 0.5) is 5.69 Å². The molecule has 0 radical (unpaired) electrons. The first-order valence-corrected chi connectivity index (χ1v) is 8.41. The predicted molar refractivity (Wildman–Crippen MR) is 99.3 cm³/mol. The number of halogens is 2. The minimum Gasteiger partial charge on any atom is -0.355 e. The summed E-state index contributed by atoms with van der Waals surface area (Å²) in [6.07, 6.45) is -0.0470. The highest BCUT2D eigenvalue weighted by molar-refractivity contribution is 6.42. The fraction of sp³-hybridized carbons (Fsp3) is 0.278. The van der Waals surface area contributed by atoms with Crippen LogP contribution in [0.15, 0.2) is 42.5 Å². The second kappa shape index (κ2) is 7.85. The van der Waals surface area contributed by atoms with Gasteiger partial charge in [0.25, 0.3) is 5.69 Å². The van der Waals surface area contributed by atoms with Crippen LogP contribution in [-0.2, 0) is 16.6 Å². The van der Waals surface area contributed by atoms with Gasteiger partial charge < -0.3 is 5.32 Å². The maximum absolute atomic E-state index is 12.2. The van der Waals surface area contributed by atoms with Crippen LogP contribution in [0.25, 0.3) is 0 Å². The molecule has 0 saturated heterocycles. The van der Waals surface area contributed by atoms with Gasteiger partial charge in [0, 0.05) is 23.6 Å². The maximum Gasteiger partial charge on any atom is 0.273 e. The van der Waals surface area contributed by atoms with E-state index in [-0.39, 0.29) is 23.4 Å². The van der Waals surface area contributed by atoms with Crippen LogP contribution in [0.5, 0.6) is 0 Å². The fourth-order valence-corrected chi connectivity index (χ4v) is 2.71. The summed E-state index contributed by atoms with van der Waals surface area (Å²) >= 11 is 12.0. The van der Waals surface area contributed by atoms with Gasteiger partial charge in [-0.05, 0) is 17.7 Å². The van der Waals surface area contributed by atoms with Gasteiger partial charge in [0.05, 0.1) is 21.4 Å². The van der Waals surface area contributed by atoms with Crippen molar-refractivity contribution in [2.24, 2.45) is 0 Å². The Hall–Kier alpha value is -2.11. The number of nitrogens with zero attached hydrogens (tertiary/aromatic N) is 1. The third-order valence-electron chi connectivity index (χ3n) is 3.97. The van der Waals surface area contributed by atoms with Gasteiger partial charge in [0.15, 0.2) is 0 Å². The molecular weight excluding hydrogens is 363 g/mol. The first-order chi connectivity index (χ1) is 11.7. The van der Waals surface area contributed by atoms with Gasteiger partial charge in [0.1, 0.15) is 0 Å². The van der Waals surface area contributed by atoms with Crippen molar-refractivity contribution in [3.05, 3.63) is 73.8 Å². The molecule has 0 heterocycles. The normalized spacial score (nSPS) is 11.2. The van der Waals surface area contributed by atoms with E-state index < -0.39 is 4.92 Å². The minimum atomic E-state index is -0.484. The van der Waals surface area contributed by atoms with Gasteiger partial charge in [-0.25, -0.2) is 0 Å². The number of rotatable bonds is 6. The van der Waals surface area contributed by atoms with Gasteiger partial charge in [-0.2, -0.15) is 0 Å². The molecule has 0 aliphatic carbocycles. The summed E-state index contributed by atoms with van der Waals surface area (Å²) in [5.74, 6) is -0.276. The Morgan fingerprint density at radius 2 is 1.84 bits per heavy atom. The summed E-state index contributed by atoms with van der Waals surface area (Å²) in [4.78, 5) is 22.7. The van der Waals surface area contributed by atoms with Crippen molar-refractivity contribution >= 4 is 34.8 Å². The fourth-order valence-electron chi connectivity index (χ4n) is 2.41. The van der Waals surface area contributed by atoms with Crippen molar-refractivity contribution in [2.45, 2.75) is 25.7 Å². The van der Waals surface area contributed by atoms with Crippen LogP contribution in [-0.4, -0.2) is 17.4 Å². The third kappa shape index (κ3) is 4.94. The van der Waals surface area contributed by atoms with Crippen LogP contribution in [0.2, 0.25) is 10.0 Å². The second-order valence-corrected chi connectivity index (χ2v) is 7.17. The standard InChI is InChI=1S/C18H18Cl2N2O3/c1-18(2,13-7-8-14(19)15(20)10-13)11-21-17(23)9-12-5-3-4-6-16(12)22(24)25/h3-8,10H,9,11H2,1-2H3,(H,21,23). The highest BCUT2D eigenvalue weighted by atomic mass is 35.5. The lowest BCUT2D eigenvalue weighted by molar-refractivity contribution is -0.385. The number of nitrogens with one attached hydrogen (secondary N) is 1. The van der Waals surface area contributed by atoms with Crippen LogP contribution in [0.1, 0.15) is 25.0 Å². The van der Waals surface area contributed by atoms with E-state index in [4.69, 9.17) is 23.2 Å². The topological polar surface area (TPSA) is 72.2 Å². The monoisotopic (exact) mass is 380 g/mol. The molecule has 7 heteroatoms. The molecule has 0 aliphatic rings. The number of carbonyl (C=O) groups is 1. The zero-order chi connectivity index (χ0) is 18.6. The maximum atomic E-state index is 12.2. The Morgan fingerprint density at radius 1 is 1.16 bits per heavy atom. The van der Waals surface area contributed by atoms with E-state index in [0.29, 0.717) is 22.2 Å². The SMILES string of the molecule is CC(C)(CNC(=O)Cc1ccccc1[N+](=O)[O-])c1ccc(Cl)c(Cl)c1. The molecule has 0 atom stereocenters. The highest BCUT2D eigenvalue weighted by Gasteiger charge is 2.23. The molecule has 1 N–H and O–H groups in total. The lowest BCUT2D eigenvalue weighted by Crippen LogP contribution is -2.37. The second-order valence-electron chi connectivity index (χ2n) is 6.35. The number of amides is 1. The van der Waals surface area contributed by atoms with Gasteiger partial charge >= 0.3 is 0 Å². The van der Waals surface area contributed by atoms with Gasteiger partial charge in [-0.15, -0.1) is 0 Å². The van der Waals surface area contributed by atoms with Crippen LogP contribution in [0.3, 0.4) is 0 Å². The summed E-state index contributed by atoms with van der Waals surface area (Å²) in [5.41, 5.74) is 0.901. The van der Waals surface area contributed by atoms with Crippen LogP contribution in [0, 0.1) is 10.1 Å². The zero-order valence-corrected chi connectivity index (χ0v) is 15.4. The van der Waals surface area contributed by atoms with Crippen molar-refractivity contribution in [3.8, 4) is 0 Å². The summed E-state index contributed by atoms with van der Waals surface area (Å²) in [6, 6.07) is 11.6. The Labute approximate surface area is 156 Å². The first-order valence-electron chi connectivity index (χ1n) is 7.65. The summed E-state index contributed by atoms with van der Waals surface area (Å²) in [5, 5.41) is 14.8. The number of hydrogen-bond acceptors (Lipinski definition) is 3. The molecule has 0 aromatic heterocycles. The molecule has 0 saturated carbocycles. The number of nitro groups is 1. The van der Waals surface area contributed by atoms with Crippen molar-refractivity contribution in [1.29, 1.82) is 0 Å². The molecule has 2 rings (SSSR count). The van der Waals surface area contributed by atoms with E-state index in [1.165, 1.54) is 6.07 Å². The molecular formula is C18H18Cl2N2O3. The van der Waals surface area contributed by atoms with E-state index in [1.807, 2.05) is 19.9 Å². The van der Waals surface area contributed by atoms with E-state index in [9.17, 15) is 14.9 Å². The van der Waals surface area contributed by atoms with Crippen molar-refractivity contribution in [1.82, 2.24) is 5.32 Å². The van der Waals surface area contributed by atoms with Crippen LogP contribution >= 0.6 is 23.2 Å². The van der Waals surface area contributed by atoms with E-state index in [2.05, 4.69) is 5.32 Å². The lowest BCUT2D eigenvalue weighted by Gasteiger charge is -2.26. The summed E-state index contributed by atoms with van der Waals surface area (Å²) < 4.78 is 0. The molecule has 132 valence electrons.